The van der Waals surface area contributed by atoms with Crippen molar-refractivity contribution in [3.05, 3.63) is 11.6 Å². The number of carbonyl (C=O) groups excluding carboxylic acids is 3. The maximum atomic E-state index is 14.4. The normalized spacial score (nSPS) is 46.0. The third kappa shape index (κ3) is 3.60. The van der Waals surface area contributed by atoms with Crippen molar-refractivity contribution in [2.24, 2.45) is 62.1 Å². The lowest BCUT2D eigenvalue weighted by atomic mass is 9.38. The Balaban J connectivity index is 1.77. The third-order valence-corrected chi connectivity index (χ3v) is 13.8. The number of carbonyl (C=O) groups is 3. The maximum Gasteiger partial charge on any atom is 0.163 e. The van der Waals surface area contributed by atoms with Crippen molar-refractivity contribution in [3.63, 3.8) is 0 Å². The molecule has 10 unspecified atom stereocenters. The summed E-state index contributed by atoms with van der Waals surface area (Å²) in [4.78, 5) is 41.3. The molecule has 4 aliphatic rings. The third-order valence-electron chi connectivity index (χ3n) is 13.8. The zero-order chi connectivity index (χ0) is 29.0. The molecule has 214 valence electrons. The van der Waals surface area contributed by atoms with Crippen molar-refractivity contribution >= 4 is 17.3 Å². The summed E-state index contributed by atoms with van der Waals surface area (Å²) in [6.45, 7) is 26.3. The standard InChI is InChI=1S/C34H54O4/c1-19(29(4,5)6)15-23(35)21(3)34(12)20(2)16-32(10)22-13-14-26-30(7,8)28(38)25(37)17-31(26,9)27(22)24(36)18-33(32,34)11/h14,19-22,27-28,38H,13,15-18H2,1-12H3. The van der Waals surface area contributed by atoms with Gasteiger partial charge >= 0.3 is 0 Å². The van der Waals surface area contributed by atoms with Crippen molar-refractivity contribution < 1.29 is 19.5 Å². The lowest BCUT2D eigenvalue weighted by Crippen LogP contribution is -2.64. The first-order valence-corrected chi connectivity index (χ1v) is 15.1. The summed E-state index contributed by atoms with van der Waals surface area (Å²) in [6, 6.07) is 0. The molecule has 38 heavy (non-hydrogen) atoms. The first-order chi connectivity index (χ1) is 17.1. The molecule has 4 heteroatoms. The highest BCUT2D eigenvalue weighted by Crippen LogP contribution is 2.77. The van der Waals surface area contributed by atoms with Gasteiger partial charge in [-0.1, -0.05) is 94.7 Å². The molecular weight excluding hydrogens is 472 g/mol. The molecule has 0 aromatic heterocycles. The quantitative estimate of drug-likeness (QED) is 0.392. The number of hydrogen-bond donors (Lipinski definition) is 1. The van der Waals surface area contributed by atoms with Crippen LogP contribution < -0.4 is 0 Å². The zero-order valence-electron chi connectivity index (χ0n) is 26.2. The summed E-state index contributed by atoms with van der Waals surface area (Å²) in [5, 5.41) is 10.8. The smallest absolute Gasteiger partial charge is 0.163 e. The van der Waals surface area contributed by atoms with Crippen LogP contribution in [0.15, 0.2) is 11.6 Å². The minimum Gasteiger partial charge on any atom is -0.384 e. The second-order valence-electron chi connectivity index (χ2n) is 16.6. The number of aliphatic hydroxyl groups is 1. The van der Waals surface area contributed by atoms with Gasteiger partial charge in [-0.2, -0.15) is 0 Å². The highest BCUT2D eigenvalue weighted by Gasteiger charge is 2.74. The van der Waals surface area contributed by atoms with Gasteiger partial charge in [0, 0.05) is 41.9 Å². The predicted molar refractivity (Wildman–Crippen MR) is 152 cm³/mol. The second kappa shape index (κ2) is 8.60. The highest BCUT2D eigenvalue weighted by atomic mass is 16.3. The molecule has 0 spiro atoms. The van der Waals surface area contributed by atoms with E-state index in [4.69, 9.17) is 0 Å². The summed E-state index contributed by atoms with van der Waals surface area (Å²) in [7, 11) is 0. The molecule has 0 radical (unpaired) electrons. The molecule has 3 fully saturated rings. The molecular formula is C34H54O4. The number of hydrogen-bond acceptors (Lipinski definition) is 4. The minimum atomic E-state index is -1.02. The molecule has 0 saturated heterocycles. The lowest BCUT2D eigenvalue weighted by Gasteiger charge is -2.64. The number of aliphatic hydroxyl groups excluding tert-OH is 1. The molecule has 4 rings (SSSR count). The van der Waals surface area contributed by atoms with Crippen molar-refractivity contribution in [2.75, 3.05) is 0 Å². The Morgan fingerprint density at radius 2 is 1.61 bits per heavy atom. The topological polar surface area (TPSA) is 71.4 Å². The molecule has 0 heterocycles. The van der Waals surface area contributed by atoms with E-state index in [9.17, 15) is 19.5 Å². The van der Waals surface area contributed by atoms with Gasteiger partial charge < -0.3 is 5.11 Å². The zero-order valence-corrected chi connectivity index (χ0v) is 26.2. The maximum absolute atomic E-state index is 14.4. The van der Waals surface area contributed by atoms with Gasteiger partial charge in [-0.25, -0.2) is 0 Å². The molecule has 0 aromatic rings. The van der Waals surface area contributed by atoms with Crippen molar-refractivity contribution in [1.29, 1.82) is 0 Å². The fraction of sp³-hybridized carbons (Fsp3) is 0.853. The van der Waals surface area contributed by atoms with Gasteiger partial charge in [0.25, 0.3) is 0 Å². The number of ketones is 3. The van der Waals surface area contributed by atoms with E-state index in [1.54, 1.807) is 0 Å². The van der Waals surface area contributed by atoms with Crippen LogP contribution in [0.2, 0.25) is 0 Å². The van der Waals surface area contributed by atoms with E-state index in [2.05, 4.69) is 75.3 Å². The number of fused-ring (bicyclic) bond motifs is 5. The van der Waals surface area contributed by atoms with Crippen LogP contribution in [-0.4, -0.2) is 28.6 Å². The lowest BCUT2D eigenvalue weighted by molar-refractivity contribution is -0.174. The van der Waals surface area contributed by atoms with E-state index in [0.29, 0.717) is 30.5 Å². The molecule has 4 aliphatic carbocycles. The van der Waals surface area contributed by atoms with Gasteiger partial charge in [0.2, 0.25) is 0 Å². The molecule has 0 amide bonds. The van der Waals surface area contributed by atoms with E-state index in [1.807, 2.05) is 13.8 Å². The highest BCUT2D eigenvalue weighted by molar-refractivity contribution is 5.91. The average Bonchev–Trinajstić information content (AvgIpc) is 2.94. The van der Waals surface area contributed by atoms with Crippen LogP contribution in [0.1, 0.15) is 115 Å². The van der Waals surface area contributed by atoms with Crippen molar-refractivity contribution in [3.8, 4) is 0 Å². The minimum absolute atomic E-state index is 0.0738. The summed E-state index contributed by atoms with van der Waals surface area (Å²) in [5.41, 5.74) is -0.794. The van der Waals surface area contributed by atoms with Gasteiger partial charge in [-0.3, -0.25) is 14.4 Å². The Hall–Kier alpha value is -1.29. The van der Waals surface area contributed by atoms with Gasteiger partial charge in [-0.15, -0.1) is 0 Å². The Kier molecular flexibility index (Phi) is 6.72. The Morgan fingerprint density at radius 3 is 2.16 bits per heavy atom. The van der Waals surface area contributed by atoms with E-state index in [1.165, 1.54) is 0 Å². The van der Waals surface area contributed by atoms with Gasteiger partial charge in [0.05, 0.1) is 0 Å². The molecule has 4 nitrogen and oxygen atoms in total. The van der Waals surface area contributed by atoms with E-state index in [0.717, 1.165) is 18.4 Å². The number of allylic oxidation sites excluding steroid dienone is 1. The van der Waals surface area contributed by atoms with E-state index < -0.39 is 16.9 Å². The summed E-state index contributed by atoms with van der Waals surface area (Å²) >= 11 is 0. The summed E-state index contributed by atoms with van der Waals surface area (Å²) < 4.78 is 0. The Labute approximate surface area is 231 Å². The molecule has 0 bridgehead atoms. The van der Waals surface area contributed by atoms with Crippen LogP contribution in [0.25, 0.3) is 0 Å². The predicted octanol–water partition coefficient (Wildman–Crippen LogP) is 7.22. The van der Waals surface area contributed by atoms with Crippen molar-refractivity contribution in [1.82, 2.24) is 0 Å². The number of Topliss-reactive ketones (excluding diaryl/α,β-unsaturated/α-hetero) is 3. The molecule has 10 atom stereocenters. The summed E-state index contributed by atoms with van der Waals surface area (Å²) in [6.07, 6.45) is 4.30. The van der Waals surface area contributed by atoms with Crippen LogP contribution in [0.5, 0.6) is 0 Å². The van der Waals surface area contributed by atoms with Crippen LogP contribution in [0, 0.1) is 62.1 Å². The fourth-order valence-corrected chi connectivity index (χ4v) is 10.3. The molecule has 0 aliphatic heterocycles. The Morgan fingerprint density at radius 1 is 1.03 bits per heavy atom. The SMILES string of the molecule is CC(CC(=O)C(C)C1(C)C(C)CC2(C)C3CC=C4C(C)(C)C(O)C(=O)CC4(C)C3C(=O)CC21C)C(C)(C)C. The van der Waals surface area contributed by atoms with Crippen LogP contribution >= 0.6 is 0 Å². The van der Waals surface area contributed by atoms with Gasteiger partial charge in [0.1, 0.15) is 17.7 Å². The largest absolute Gasteiger partial charge is 0.384 e. The van der Waals surface area contributed by atoms with E-state index >= 15 is 0 Å². The van der Waals surface area contributed by atoms with E-state index in [-0.39, 0.29) is 57.4 Å². The number of rotatable bonds is 4. The Bertz CT molecular complexity index is 1080. The monoisotopic (exact) mass is 526 g/mol. The molecule has 0 aromatic carbocycles. The van der Waals surface area contributed by atoms with Gasteiger partial charge in [0.15, 0.2) is 5.78 Å². The second-order valence-corrected chi connectivity index (χ2v) is 16.6. The van der Waals surface area contributed by atoms with Crippen LogP contribution in [0.4, 0.5) is 0 Å². The summed E-state index contributed by atoms with van der Waals surface area (Å²) in [5.74, 6) is 0.807. The molecule has 3 saturated carbocycles. The van der Waals surface area contributed by atoms with Gasteiger partial charge in [-0.05, 0) is 52.3 Å². The fourth-order valence-electron chi connectivity index (χ4n) is 10.3. The average molecular weight is 527 g/mol. The van der Waals surface area contributed by atoms with Crippen LogP contribution in [-0.2, 0) is 14.4 Å². The van der Waals surface area contributed by atoms with Crippen molar-refractivity contribution in [2.45, 2.75) is 121 Å². The first kappa shape index (κ1) is 29.7. The van der Waals surface area contributed by atoms with Crippen LogP contribution in [0.3, 0.4) is 0 Å². The molecule has 1 N–H and O–H groups in total. The first-order valence-electron chi connectivity index (χ1n) is 15.1.